The fourth-order valence-electron chi connectivity index (χ4n) is 7.64. The Morgan fingerprint density at radius 3 is 2.53 bits per heavy atom. The minimum atomic E-state index is -1.06. The summed E-state index contributed by atoms with van der Waals surface area (Å²) >= 11 is 0. The first-order valence-corrected chi connectivity index (χ1v) is 17.9. The maximum absolute atomic E-state index is 13.4. The monoisotopic (exact) mass is 723 g/mol. The third-order valence-electron chi connectivity index (χ3n) is 10.3. The molecule has 4 heterocycles. The van der Waals surface area contributed by atoms with Gasteiger partial charge in [0.2, 0.25) is 23.7 Å². The van der Waals surface area contributed by atoms with Gasteiger partial charge in [-0.25, -0.2) is 4.98 Å². The van der Waals surface area contributed by atoms with Crippen molar-refractivity contribution in [3.05, 3.63) is 59.3 Å². The number of aromatic nitrogens is 2. The number of fused-ring (bicyclic) bond motifs is 2. The smallest absolute Gasteiger partial charge is 0.264 e. The van der Waals surface area contributed by atoms with Crippen LogP contribution in [0.4, 0.5) is 28.8 Å². The molecule has 2 aromatic carbocycles. The predicted octanol–water partition coefficient (Wildman–Crippen LogP) is 2.98. The number of rotatable bonds is 11. The summed E-state index contributed by atoms with van der Waals surface area (Å²) in [7, 11) is 3.25. The Balaban J connectivity index is 0.996. The van der Waals surface area contributed by atoms with Crippen molar-refractivity contribution in [2.75, 3.05) is 47.7 Å². The Kier molecular flexibility index (Phi) is 9.68. The van der Waals surface area contributed by atoms with E-state index >= 15 is 0 Å². The summed E-state index contributed by atoms with van der Waals surface area (Å²) in [5, 5.41) is 11.4. The normalized spacial score (nSPS) is 20.0. The Morgan fingerprint density at radius 2 is 1.79 bits per heavy atom. The van der Waals surface area contributed by atoms with Gasteiger partial charge in [0.25, 0.3) is 17.7 Å². The van der Waals surface area contributed by atoms with Gasteiger partial charge in [-0.3, -0.25) is 39.0 Å². The molecule has 1 aliphatic carbocycles. The Bertz CT molecular complexity index is 2010. The average molecular weight is 724 g/mol. The third-order valence-corrected chi connectivity index (χ3v) is 10.3. The van der Waals surface area contributed by atoms with E-state index in [-0.39, 0.29) is 61.0 Å². The number of anilines is 5. The zero-order chi connectivity index (χ0) is 37.4. The van der Waals surface area contributed by atoms with E-state index in [4.69, 9.17) is 9.72 Å². The summed E-state index contributed by atoms with van der Waals surface area (Å²) in [5.41, 5.74) is 2.25. The second kappa shape index (κ2) is 14.5. The van der Waals surface area contributed by atoms with Crippen LogP contribution in [0.1, 0.15) is 82.9 Å². The van der Waals surface area contributed by atoms with Crippen LogP contribution >= 0.6 is 0 Å². The maximum atomic E-state index is 13.4. The van der Waals surface area contributed by atoms with E-state index < -0.39 is 29.7 Å². The number of likely N-dealkylation sites (N-methyl/N-ethyl adjacent to an activating group) is 1. The molecule has 4 aliphatic rings. The van der Waals surface area contributed by atoms with Gasteiger partial charge in [-0.05, 0) is 56.0 Å². The number of nitrogens with one attached hydrogen (secondary N) is 4. The molecule has 0 bridgehead atoms. The number of ether oxygens (including phenoxy) is 1. The van der Waals surface area contributed by atoms with E-state index in [2.05, 4.69) is 31.2 Å². The van der Waals surface area contributed by atoms with Crippen LogP contribution in [-0.2, 0) is 14.4 Å². The highest BCUT2D eigenvalue weighted by atomic mass is 16.5. The average Bonchev–Trinajstić information content (AvgIpc) is 3.78. The van der Waals surface area contributed by atoms with Gasteiger partial charge >= 0.3 is 0 Å². The van der Waals surface area contributed by atoms with Crippen molar-refractivity contribution in [1.29, 1.82) is 0 Å². The standard InChI is InChI=1S/C37H41N9O7/c1-4-25-35(51)44(2)27-19-40-37(43-31(27)45(25)21-8-5-6-9-21)41-23-13-12-20(18-28(23)53-3)32(48)39-17-16-38-24-11-7-10-22-30(24)36(52)46(34(22)50)26-14-15-29(47)42-33(26)49/h7,10-13,18-19,21,25-26,38H,4-6,8-9,14-17H2,1-3H3,(H,39,48)(H,40,41,43)(H,42,47,49)/t25-,26?/m1/s1. The van der Waals surface area contributed by atoms with Gasteiger partial charge in [0, 0.05) is 43.9 Å². The molecule has 16 nitrogen and oxygen atoms in total. The first-order chi connectivity index (χ1) is 25.6. The second-order valence-electron chi connectivity index (χ2n) is 13.5. The van der Waals surface area contributed by atoms with Crippen molar-refractivity contribution < 1.29 is 33.5 Å². The van der Waals surface area contributed by atoms with Crippen LogP contribution in [0, 0.1) is 0 Å². The number of piperidine rings is 1. The predicted molar refractivity (Wildman–Crippen MR) is 194 cm³/mol. The van der Waals surface area contributed by atoms with E-state index in [9.17, 15) is 28.8 Å². The molecule has 16 heteroatoms. The van der Waals surface area contributed by atoms with E-state index in [0.29, 0.717) is 40.7 Å². The molecule has 0 spiro atoms. The molecule has 53 heavy (non-hydrogen) atoms. The van der Waals surface area contributed by atoms with Gasteiger partial charge in [0.15, 0.2) is 5.82 Å². The fraction of sp³-hybridized carbons (Fsp3) is 0.405. The lowest BCUT2D eigenvalue weighted by Gasteiger charge is -2.43. The summed E-state index contributed by atoms with van der Waals surface area (Å²) in [4.78, 5) is 91.0. The molecule has 1 unspecified atom stereocenters. The lowest BCUT2D eigenvalue weighted by Crippen LogP contribution is -2.55. The number of hydrogen-bond acceptors (Lipinski definition) is 12. The number of methoxy groups -OCH3 is 1. The molecule has 4 N–H and O–H groups in total. The lowest BCUT2D eigenvalue weighted by molar-refractivity contribution is -0.136. The second-order valence-corrected chi connectivity index (χ2v) is 13.5. The van der Waals surface area contributed by atoms with Crippen molar-refractivity contribution >= 4 is 64.3 Å². The van der Waals surface area contributed by atoms with Gasteiger partial charge in [-0.2, -0.15) is 4.98 Å². The fourth-order valence-corrected chi connectivity index (χ4v) is 7.64. The Hall–Kier alpha value is -6.06. The highest BCUT2D eigenvalue weighted by Crippen LogP contribution is 2.40. The van der Waals surface area contributed by atoms with Crippen LogP contribution in [0.2, 0.25) is 0 Å². The molecule has 1 saturated heterocycles. The molecule has 6 amide bonds. The molecule has 276 valence electrons. The molecular formula is C37H41N9O7. The number of benzene rings is 2. The molecule has 1 aromatic heterocycles. The number of amides is 6. The SMILES string of the molecule is CC[C@@H]1C(=O)N(C)c2cnc(Nc3ccc(C(=O)NCCNc4cccc5c4C(=O)N(C4CCC(=O)NC4=O)C5=O)cc3OC)nc2N1C1CCCC1. The Labute approximate surface area is 305 Å². The number of carbonyl (C=O) groups is 6. The largest absolute Gasteiger partial charge is 0.495 e. The molecular weight excluding hydrogens is 682 g/mol. The minimum Gasteiger partial charge on any atom is -0.495 e. The first kappa shape index (κ1) is 35.3. The molecule has 3 aliphatic heterocycles. The lowest BCUT2D eigenvalue weighted by atomic mass is 10.0. The quantitative estimate of drug-likeness (QED) is 0.167. The zero-order valence-corrected chi connectivity index (χ0v) is 29.7. The molecule has 3 aromatic rings. The Morgan fingerprint density at radius 1 is 1.00 bits per heavy atom. The zero-order valence-electron chi connectivity index (χ0n) is 29.7. The summed E-state index contributed by atoms with van der Waals surface area (Å²) in [6.07, 6.45) is 6.67. The number of hydrogen-bond donors (Lipinski definition) is 4. The van der Waals surface area contributed by atoms with Crippen molar-refractivity contribution in [3.63, 3.8) is 0 Å². The van der Waals surface area contributed by atoms with Gasteiger partial charge in [-0.15, -0.1) is 0 Å². The molecule has 1 saturated carbocycles. The van der Waals surface area contributed by atoms with Crippen molar-refractivity contribution in [3.8, 4) is 5.75 Å². The van der Waals surface area contributed by atoms with Crippen LogP contribution in [0.25, 0.3) is 0 Å². The van der Waals surface area contributed by atoms with Crippen molar-refractivity contribution in [1.82, 2.24) is 25.5 Å². The van der Waals surface area contributed by atoms with Crippen LogP contribution < -0.4 is 35.8 Å². The van der Waals surface area contributed by atoms with E-state index in [1.54, 1.807) is 48.5 Å². The minimum absolute atomic E-state index is 0.0313. The maximum Gasteiger partial charge on any atom is 0.264 e. The van der Waals surface area contributed by atoms with Gasteiger partial charge in [0.1, 0.15) is 23.5 Å². The van der Waals surface area contributed by atoms with Crippen LogP contribution in [0.15, 0.2) is 42.6 Å². The van der Waals surface area contributed by atoms with Crippen molar-refractivity contribution in [2.24, 2.45) is 0 Å². The molecule has 2 atom stereocenters. The van der Waals surface area contributed by atoms with E-state index in [1.807, 2.05) is 6.92 Å². The molecule has 7 rings (SSSR count). The molecule has 2 fully saturated rings. The van der Waals surface area contributed by atoms with Crippen molar-refractivity contribution in [2.45, 2.75) is 70.0 Å². The van der Waals surface area contributed by atoms with Gasteiger partial charge < -0.3 is 30.5 Å². The third kappa shape index (κ3) is 6.49. The van der Waals surface area contributed by atoms with Gasteiger partial charge in [-0.1, -0.05) is 25.8 Å². The van der Waals surface area contributed by atoms with Crippen LogP contribution in [-0.4, -0.2) is 95.7 Å². The summed E-state index contributed by atoms with van der Waals surface area (Å²) in [6, 6.07) is 8.63. The number of nitrogens with zero attached hydrogens (tertiary/aromatic N) is 5. The summed E-state index contributed by atoms with van der Waals surface area (Å²) < 4.78 is 5.62. The summed E-state index contributed by atoms with van der Waals surface area (Å²) in [5.74, 6) is -1.21. The molecule has 0 radical (unpaired) electrons. The van der Waals surface area contributed by atoms with Crippen LogP contribution in [0.3, 0.4) is 0 Å². The number of imide groups is 2. The topological polar surface area (TPSA) is 195 Å². The highest BCUT2D eigenvalue weighted by molar-refractivity contribution is 6.25. The van der Waals surface area contributed by atoms with E-state index in [1.165, 1.54) is 13.2 Å². The summed E-state index contributed by atoms with van der Waals surface area (Å²) in [6.45, 7) is 2.43. The van der Waals surface area contributed by atoms with E-state index in [0.717, 1.165) is 36.4 Å². The highest BCUT2D eigenvalue weighted by Gasteiger charge is 2.46. The van der Waals surface area contributed by atoms with Crippen LogP contribution in [0.5, 0.6) is 5.75 Å². The van der Waals surface area contributed by atoms with Gasteiger partial charge in [0.05, 0.1) is 30.1 Å². The number of carbonyl (C=O) groups excluding carboxylic acids is 6. The first-order valence-electron chi connectivity index (χ1n) is 17.9.